The minimum atomic E-state index is -0.951. The molecule has 1 atom stereocenters. The van der Waals surface area contributed by atoms with Gasteiger partial charge in [0.15, 0.2) is 0 Å². The quantitative estimate of drug-likeness (QED) is 0.839. The molecule has 1 fully saturated rings. The smallest absolute Gasteiger partial charge is 0.335 e. The van der Waals surface area contributed by atoms with Gasteiger partial charge in [0.1, 0.15) is 12.4 Å². The van der Waals surface area contributed by atoms with Gasteiger partial charge < -0.3 is 14.9 Å². The van der Waals surface area contributed by atoms with Crippen molar-refractivity contribution >= 4 is 5.97 Å². The fraction of sp³-hybridized carbons (Fsp3) is 0.562. The predicted molar refractivity (Wildman–Crippen MR) is 79.8 cm³/mol. The number of rotatable bonds is 6. The van der Waals surface area contributed by atoms with Gasteiger partial charge in [-0.05, 0) is 37.6 Å². The van der Waals surface area contributed by atoms with Crippen LogP contribution in [0.3, 0.4) is 0 Å². The van der Waals surface area contributed by atoms with E-state index >= 15 is 0 Å². The van der Waals surface area contributed by atoms with Crippen LogP contribution in [0.15, 0.2) is 24.3 Å². The number of likely N-dealkylation sites (tertiary alicyclic amines) is 1. The summed E-state index contributed by atoms with van der Waals surface area (Å²) in [6.07, 6.45) is 4.58. The topological polar surface area (TPSA) is 70.0 Å². The number of carboxylic acids is 1. The molecule has 0 amide bonds. The Morgan fingerprint density at radius 3 is 2.95 bits per heavy atom. The first-order chi connectivity index (χ1) is 10.2. The average Bonchev–Trinajstić information content (AvgIpc) is 2.72. The van der Waals surface area contributed by atoms with Crippen LogP contribution in [0.25, 0.3) is 0 Å². The summed E-state index contributed by atoms with van der Waals surface area (Å²) in [7, 11) is 0. The highest BCUT2D eigenvalue weighted by molar-refractivity contribution is 5.87. The van der Waals surface area contributed by atoms with E-state index in [1.54, 1.807) is 18.2 Å². The maximum absolute atomic E-state index is 10.9. The fourth-order valence-electron chi connectivity index (χ4n) is 2.74. The third kappa shape index (κ3) is 4.72. The second-order valence-corrected chi connectivity index (χ2v) is 5.40. The highest BCUT2D eigenvalue weighted by Crippen LogP contribution is 2.17. The van der Waals surface area contributed by atoms with E-state index in [1.807, 2.05) is 0 Å². The van der Waals surface area contributed by atoms with Crippen molar-refractivity contribution in [3.63, 3.8) is 0 Å². The lowest BCUT2D eigenvalue weighted by Crippen LogP contribution is -2.40. The van der Waals surface area contributed by atoms with Gasteiger partial charge in [0.2, 0.25) is 0 Å². The summed E-state index contributed by atoms with van der Waals surface area (Å²) in [5, 5.41) is 18.4. The number of aliphatic hydroxyl groups excluding tert-OH is 1. The Morgan fingerprint density at radius 2 is 2.19 bits per heavy atom. The lowest BCUT2D eigenvalue weighted by molar-refractivity contribution is 0.0696. The minimum absolute atomic E-state index is 0.189. The molecule has 0 aromatic heterocycles. The Bertz CT molecular complexity index is 463. The van der Waals surface area contributed by atoms with E-state index in [2.05, 4.69) is 4.90 Å². The maximum Gasteiger partial charge on any atom is 0.335 e. The van der Waals surface area contributed by atoms with Gasteiger partial charge in [-0.25, -0.2) is 4.79 Å². The molecule has 0 saturated carbocycles. The third-order valence-electron chi connectivity index (χ3n) is 3.94. The van der Waals surface area contributed by atoms with Crippen LogP contribution in [0, 0.1) is 0 Å². The van der Waals surface area contributed by atoms with Crippen LogP contribution in [0.2, 0.25) is 0 Å². The lowest BCUT2D eigenvalue weighted by atomic mass is 10.1. The van der Waals surface area contributed by atoms with Gasteiger partial charge in [-0.2, -0.15) is 0 Å². The average molecular weight is 293 g/mol. The summed E-state index contributed by atoms with van der Waals surface area (Å²) in [5.41, 5.74) is 0.232. The SMILES string of the molecule is O=C(O)c1cccc(OCCN2CCCCCC2CO)c1. The van der Waals surface area contributed by atoms with Crippen molar-refractivity contribution in [2.24, 2.45) is 0 Å². The number of aromatic carboxylic acids is 1. The zero-order valence-electron chi connectivity index (χ0n) is 12.2. The van der Waals surface area contributed by atoms with Crippen LogP contribution in [-0.2, 0) is 0 Å². The van der Waals surface area contributed by atoms with Gasteiger partial charge in [0.05, 0.1) is 12.2 Å². The largest absolute Gasteiger partial charge is 0.492 e. The molecule has 2 rings (SSSR count). The number of nitrogens with zero attached hydrogens (tertiary/aromatic N) is 1. The summed E-state index contributed by atoms with van der Waals surface area (Å²) < 4.78 is 5.65. The molecule has 0 radical (unpaired) electrons. The zero-order valence-corrected chi connectivity index (χ0v) is 12.2. The van der Waals surface area contributed by atoms with Gasteiger partial charge in [-0.15, -0.1) is 0 Å². The molecule has 1 heterocycles. The molecule has 1 unspecified atom stereocenters. The summed E-state index contributed by atoms with van der Waals surface area (Å²) in [5.74, 6) is -0.376. The molecule has 21 heavy (non-hydrogen) atoms. The Hall–Kier alpha value is -1.59. The van der Waals surface area contributed by atoms with Gasteiger partial charge in [-0.1, -0.05) is 18.9 Å². The lowest BCUT2D eigenvalue weighted by Gasteiger charge is -2.28. The molecule has 0 bridgehead atoms. The van der Waals surface area contributed by atoms with Crippen LogP contribution in [-0.4, -0.2) is 53.4 Å². The molecule has 1 aliphatic rings. The normalized spacial score (nSPS) is 20.0. The predicted octanol–water partition coefficient (Wildman–Crippen LogP) is 2.00. The number of carboxylic acid groups (broad SMARTS) is 1. The molecule has 1 saturated heterocycles. The van der Waals surface area contributed by atoms with Crippen molar-refractivity contribution in [3.8, 4) is 5.75 Å². The number of hydrogen-bond acceptors (Lipinski definition) is 4. The Balaban J connectivity index is 1.85. The molecule has 1 aliphatic heterocycles. The van der Waals surface area contributed by atoms with Crippen molar-refractivity contribution in [2.45, 2.75) is 31.7 Å². The second kappa shape index (κ2) is 8.00. The van der Waals surface area contributed by atoms with Gasteiger partial charge in [0.25, 0.3) is 0 Å². The van der Waals surface area contributed by atoms with E-state index in [4.69, 9.17) is 9.84 Å². The van der Waals surface area contributed by atoms with Crippen molar-refractivity contribution in [1.29, 1.82) is 0 Å². The van der Waals surface area contributed by atoms with Crippen LogP contribution in [0.5, 0.6) is 5.75 Å². The summed E-state index contributed by atoms with van der Waals surface area (Å²) >= 11 is 0. The van der Waals surface area contributed by atoms with Gasteiger partial charge >= 0.3 is 5.97 Å². The molecular formula is C16H23NO4. The monoisotopic (exact) mass is 293 g/mol. The Morgan fingerprint density at radius 1 is 1.33 bits per heavy atom. The summed E-state index contributed by atoms with van der Waals surface area (Å²) in [4.78, 5) is 13.2. The number of ether oxygens (including phenoxy) is 1. The minimum Gasteiger partial charge on any atom is -0.492 e. The number of aliphatic hydroxyl groups is 1. The Labute approximate surface area is 125 Å². The van der Waals surface area contributed by atoms with Crippen molar-refractivity contribution in [3.05, 3.63) is 29.8 Å². The molecule has 1 aromatic carbocycles. The summed E-state index contributed by atoms with van der Waals surface area (Å²) in [6.45, 7) is 2.43. The highest BCUT2D eigenvalue weighted by Gasteiger charge is 2.19. The molecule has 1 aromatic rings. The zero-order chi connectivity index (χ0) is 15.1. The van der Waals surface area contributed by atoms with E-state index in [9.17, 15) is 9.90 Å². The first-order valence-corrected chi connectivity index (χ1v) is 7.52. The highest BCUT2D eigenvalue weighted by atomic mass is 16.5. The van der Waals surface area contributed by atoms with E-state index in [0.29, 0.717) is 12.4 Å². The molecular weight excluding hydrogens is 270 g/mol. The van der Waals surface area contributed by atoms with Crippen molar-refractivity contribution < 1.29 is 19.7 Å². The van der Waals surface area contributed by atoms with E-state index in [-0.39, 0.29) is 18.2 Å². The Kier molecular flexibility index (Phi) is 6.02. The van der Waals surface area contributed by atoms with Crippen LogP contribution < -0.4 is 4.74 Å². The number of benzene rings is 1. The number of carbonyl (C=O) groups is 1. The van der Waals surface area contributed by atoms with Crippen LogP contribution >= 0.6 is 0 Å². The van der Waals surface area contributed by atoms with Gasteiger partial charge in [-0.3, -0.25) is 4.90 Å². The molecule has 2 N–H and O–H groups in total. The molecule has 116 valence electrons. The standard InChI is InChI=1S/C16H23NO4/c18-12-14-6-2-1-3-8-17(14)9-10-21-15-7-4-5-13(11-15)16(19)20/h4-5,7,11,14,18H,1-3,6,8-10,12H2,(H,19,20). The van der Waals surface area contributed by atoms with Crippen molar-refractivity contribution in [1.82, 2.24) is 4.90 Å². The number of hydrogen-bond donors (Lipinski definition) is 2. The van der Waals surface area contributed by atoms with Crippen molar-refractivity contribution in [2.75, 3.05) is 26.3 Å². The third-order valence-corrected chi connectivity index (χ3v) is 3.94. The van der Waals surface area contributed by atoms with E-state index in [0.717, 1.165) is 25.9 Å². The first kappa shape index (κ1) is 15.8. The van der Waals surface area contributed by atoms with Crippen LogP contribution in [0.1, 0.15) is 36.0 Å². The maximum atomic E-state index is 10.9. The summed E-state index contributed by atoms with van der Waals surface area (Å²) in [6, 6.07) is 6.75. The van der Waals surface area contributed by atoms with Gasteiger partial charge in [0, 0.05) is 12.6 Å². The molecule has 0 aliphatic carbocycles. The van der Waals surface area contributed by atoms with E-state index in [1.165, 1.54) is 18.9 Å². The van der Waals surface area contributed by atoms with E-state index < -0.39 is 5.97 Å². The first-order valence-electron chi connectivity index (χ1n) is 7.52. The molecule has 5 heteroatoms. The van der Waals surface area contributed by atoms with Crippen LogP contribution in [0.4, 0.5) is 0 Å². The second-order valence-electron chi connectivity index (χ2n) is 5.40. The molecule has 5 nitrogen and oxygen atoms in total. The fourth-order valence-corrected chi connectivity index (χ4v) is 2.74. The molecule has 0 spiro atoms.